The largest absolute Gasteiger partial charge is 0.490 e. The van der Waals surface area contributed by atoms with Gasteiger partial charge in [0.25, 0.3) is 0 Å². The van der Waals surface area contributed by atoms with Crippen molar-refractivity contribution in [2.75, 3.05) is 12.5 Å². The van der Waals surface area contributed by atoms with Crippen LogP contribution < -0.4 is 4.74 Å². The van der Waals surface area contributed by atoms with Crippen LogP contribution in [-0.2, 0) is 0 Å². The van der Waals surface area contributed by atoms with Gasteiger partial charge in [-0.05, 0) is 37.3 Å². The normalized spacial score (nSPS) is 12.5. The number of aryl methyl sites for hydroxylation is 1. The van der Waals surface area contributed by atoms with Crippen molar-refractivity contribution in [2.45, 2.75) is 26.7 Å². The second-order valence-corrected chi connectivity index (χ2v) is 4.48. The van der Waals surface area contributed by atoms with E-state index in [9.17, 15) is 4.39 Å². The molecule has 0 radical (unpaired) electrons. The fraction of sp³-hybridized carbons (Fsp3) is 0.538. The van der Waals surface area contributed by atoms with Gasteiger partial charge < -0.3 is 4.74 Å². The van der Waals surface area contributed by atoms with Gasteiger partial charge in [0.05, 0.1) is 6.61 Å². The lowest BCUT2D eigenvalue weighted by atomic mass is 10.1. The Morgan fingerprint density at radius 2 is 2.12 bits per heavy atom. The van der Waals surface area contributed by atoms with Crippen LogP contribution >= 0.6 is 11.6 Å². The Morgan fingerprint density at radius 1 is 1.38 bits per heavy atom. The third kappa shape index (κ3) is 4.01. The van der Waals surface area contributed by atoms with Crippen molar-refractivity contribution >= 4 is 11.6 Å². The van der Waals surface area contributed by atoms with E-state index in [0.29, 0.717) is 29.7 Å². The van der Waals surface area contributed by atoms with Crippen LogP contribution in [0.5, 0.6) is 5.75 Å². The Bertz CT molecular complexity index is 328. The number of ether oxygens (including phenoxy) is 1. The zero-order valence-corrected chi connectivity index (χ0v) is 10.6. The van der Waals surface area contributed by atoms with Gasteiger partial charge in [-0.3, -0.25) is 0 Å². The highest BCUT2D eigenvalue weighted by Crippen LogP contribution is 2.20. The molecule has 0 aliphatic heterocycles. The molecule has 1 unspecified atom stereocenters. The summed E-state index contributed by atoms with van der Waals surface area (Å²) in [6, 6.07) is 5.20. The van der Waals surface area contributed by atoms with E-state index < -0.39 is 0 Å². The molecule has 0 saturated carbocycles. The van der Waals surface area contributed by atoms with Gasteiger partial charge in [0, 0.05) is 5.88 Å². The van der Waals surface area contributed by atoms with Crippen LogP contribution in [0.25, 0.3) is 0 Å². The van der Waals surface area contributed by atoms with Gasteiger partial charge in [0.2, 0.25) is 0 Å². The molecule has 0 aliphatic carbocycles. The molecule has 3 heteroatoms. The van der Waals surface area contributed by atoms with Gasteiger partial charge in [-0.2, -0.15) is 0 Å². The second kappa shape index (κ2) is 6.74. The van der Waals surface area contributed by atoms with E-state index in [4.69, 9.17) is 16.3 Å². The molecule has 0 aromatic heterocycles. The van der Waals surface area contributed by atoms with Gasteiger partial charge >= 0.3 is 0 Å². The molecule has 1 aromatic rings. The lowest BCUT2D eigenvalue weighted by Crippen LogP contribution is -2.06. The Morgan fingerprint density at radius 3 is 2.81 bits per heavy atom. The minimum absolute atomic E-state index is 0.257. The summed E-state index contributed by atoms with van der Waals surface area (Å²) in [6.07, 6.45) is 1.88. The maximum Gasteiger partial charge on any atom is 0.167 e. The van der Waals surface area contributed by atoms with E-state index in [0.717, 1.165) is 12.8 Å². The number of halogens is 2. The predicted molar refractivity (Wildman–Crippen MR) is 65.8 cm³/mol. The highest BCUT2D eigenvalue weighted by atomic mass is 35.5. The predicted octanol–water partition coefficient (Wildman–Crippen LogP) is 4.17. The van der Waals surface area contributed by atoms with E-state index >= 15 is 0 Å². The fourth-order valence-corrected chi connectivity index (χ4v) is 1.81. The average Bonchev–Trinajstić information content (AvgIpc) is 2.25. The summed E-state index contributed by atoms with van der Waals surface area (Å²) in [5.74, 6) is 1.27. The third-order valence-corrected chi connectivity index (χ3v) is 2.84. The van der Waals surface area contributed by atoms with E-state index in [1.165, 1.54) is 0 Å². The lowest BCUT2D eigenvalue weighted by molar-refractivity contribution is 0.270. The monoisotopic (exact) mass is 244 g/mol. The first kappa shape index (κ1) is 13.3. The fourth-order valence-electron chi connectivity index (χ4n) is 1.43. The first-order valence-corrected chi connectivity index (χ1v) is 6.12. The molecule has 1 nitrogen and oxygen atoms in total. The molecule has 0 amide bonds. The van der Waals surface area contributed by atoms with Crippen LogP contribution in [0.3, 0.4) is 0 Å². The van der Waals surface area contributed by atoms with Crippen molar-refractivity contribution in [3.63, 3.8) is 0 Å². The lowest BCUT2D eigenvalue weighted by Gasteiger charge is -2.11. The molecule has 0 N–H and O–H groups in total. The molecular formula is C13H18ClFO. The molecule has 1 aromatic carbocycles. The quantitative estimate of drug-likeness (QED) is 0.683. The summed E-state index contributed by atoms with van der Waals surface area (Å²) in [7, 11) is 0. The first-order chi connectivity index (χ1) is 7.65. The van der Waals surface area contributed by atoms with Crippen molar-refractivity contribution in [2.24, 2.45) is 5.92 Å². The molecule has 0 spiro atoms. The first-order valence-electron chi connectivity index (χ1n) is 5.59. The van der Waals surface area contributed by atoms with Crippen molar-refractivity contribution in [3.05, 3.63) is 29.6 Å². The van der Waals surface area contributed by atoms with E-state index in [1.807, 2.05) is 0 Å². The van der Waals surface area contributed by atoms with Crippen molar-refractivity contribution in [3.8, 4) is 5.75 Å². The van der Waals surface area contributed by atoms with Crippen LogP contribution in [0.4, 0.5) is 4.39 Å². The van der Waals surface area contributed by atoms with Crippen molar-refractivity contribution < 1.29 is 9.13 Å². The summed E-state index contributed by atoms with van der Waals surface area (Å²) in [5, 5.41) is 0. The van der Waals surface area contributed by atoms with Gasteiger partial charge in [0.1, 0.15) is 0 Å². The summed E-state index contributed by atoms with van der Waals surface area (Å²) in [6.45, 7) is 4.40. The zero-order chi connectivity index (χ0) is 12.0. The summed E-state index contributed by atoms with van der Waals surface area (Å²) in [5.41, 5.74) is 0.617. The molecule has 0 aliphatic rings. The number of hydrogen-bond acceptors (Lipinski definition) is 1. The maximum atomic E-state index is 13.5. The topological polar surface area (TPSA) is 9.23 Å². The van der Waals surface area contributed by atoms with Crippen LogP contribution in [0, 0.1) is 18.7 Å². The Labute approximate surface area is 102 Å². The standard InChI is InChI=1S/C13H18ClFO/c1-10(6-8-14)7-9-16-12-5-3-4-11(2)13(12)15/h3-5,10H,6-9H2,1-2H3. The average molecular weight is 245 g/mol. The molecule has 0 bridgehead atoms. The Balaban J connectivity index is 2.40. The Kier molecular flexibility index (Phi) is 5.61. The summed E-state index contributed by atoms with van der Waals surface area (Å²) >= 11 is 5.64. The minimum Gasteiger partial charge on any atom is -0.490 e. The highest BCUT2D eigenvalue weighted by molar-refractivity contribution is 6.17. The number of hydrogen-bond donors (Lipinski definition) is 0. The van der Waals surface area contributed by atoms with E-state index in [1.54, 1.807) is 25.1 Å². The molecule has 1 atom stereocenters. The van der Waals surface area contributed by atoms with Crippen LogP contribution in [0.1, 0.15) is 25.3 Å². The summed E-state index contributed by atoms with van der Waals surface area (Å²) in [4.78, 5) is 0. The molecule has 0 saturated heterocycles. The molecule has 0 heterocycles. The molecule has 16 heavy (non-hydrogen) atoms. The smallest absolute Gasteiger partial charge is 0.167 e. The summed E-state index contributed by atoms with van der Waals surface area (Å²) < 4.78 is 18.9. The molecule has 1 rings (SSSR count). The molecular weight excluding hydrogens is 227 g/mol. The van der Waals surface area contributed by atoms with Gasteiger partial charge in [-0.25, -0.2) is 4.39 Å². The SMILES string of the molecule is Cc1cccc(OCCC(C)CCCl)c1F. The second-order valence-electron chi connectivity index (χ2n) is 4.11. The van der Waals surface area contributed by atoms with Gasteiger partial charge in [-0.1, -0.05) is 19.1 Å². The van der Waals surface area contributed by atoms with Gasteiger partial charge in [0.15, 0.2) is 11.6 Å². The number of benzene rings is 1. The van der Waals surface area contributed by atoms with Gasteiger partial charge in [-0.15, -0.1) is 11.6 Å². The van der Waals surface area contributed by atoms with E-state index in [2.05, 4.69) is 6.92 Å². The van der Waals surface area contributed by atoms with Crippen LogP contribution in [-0.4, -0.2) is 12.5 Å². The number of alkyl halides is 1. The van der Waals surface area contributed by atoms with Crippen molar-refractivity contribution in [1.82, 2.24) is 0 Å². The minimum atomic E-state index is -0.257. The third-order valence-electron chi connectivity index (χ3n) is 2.63. The van der Waals surface area contributed by atoms with Crippen LogP contribution in [0.15, 0.2) is 18.2 Å². The molecule has 0 fully saturated rings. The highest BCUT2D eigenvalue weighted by Gasteiger charge is 2.06. The number of rotatable bonds is 6. The van der Waals surface area contributed by atoms with Crippen molar-refractivity contribution in [1.29, 1.82) is 0 Å². The van der Waals surface area contributed by atoms with Crippen LogP contribution in [0.2, 0.25) is 0 Å². The van der Waals surface area contributed by atoms with E-state index in [-0.39, 0.29) is 5.82 Å². The molecule has 90 valence electrons. The Hall–Kier alpha value is -0.760. The zero-order valence-electron chi connectivity index (χ0n) is 9.80. The maximum absolute atomic E-state index is 13.5.